The Morgan fingerprint density at radius 3 is 2.66 bits per heavy atom. The van der Waals surface area contributed by atoms with E-state index >= 15 is 0 Å². The summed E-state index contributed by atoms with van der Waals surface area (Å²) < 4.78 is 1.73. The van der Waals surface area contributed by atoms with E-state index in [9.17, 15) is 4.79 Å². The number of nitrogens with one attached hydrogen (secondary N) is 1. The molecule has 0 unspecified atom stereocenters. The highest BCUT2D eigenvalue weighted by atomic mass is 35.5. The van der Waals surface area contributed by atoms with Crippen LogP contribution in [0.5, 0.6) is 0 Å². The number of hydrogen-bond donors (Lipinski definition) is 1. The predicted octanol–water partition coefficient (Wildman–Crippen LogP) is 5.68. The number of carbonyl (C=O) groups excluding carboxylic acids is 1. The number of halogens is 2. The lowest BCUT2D eigenvalue weighted by atomic mass is 10.0. The maximum Gasteiger partial charge on any atom is 0.253 e. The van der Waals surface area contributed by atoms with Gasteiger partial charge in [0.15, 0.2) is 0 Å². The SMILES string of the molecule is Cc1ccc(NC(=O)CSc2nc3nc(C)c(Cc4cccc(Cl)c4)c(C)n3n2)cc1Cl. The van der Waals surface area contributed by atoms with Gasteiger partial charge in [-0.05, 0) is 61.7 Å². The van der Waals surface area contributed by atoms with Crippen LogP contribution in [0, 0.1) is 20.8 Å². The molecular weight excluding hydrogens is 465 g/mol. The molecule has 0 saturated carbocycles. The summed E-state index contributed by atoms with van der Waals surface area (Å²) in [6.07, 6.45) is 0.699. The second-order valence-electron chi connectivity index (χ2n) is 7.47. The minimum absolute atomic E-state index is 0.156. The zero-order chi connectivity index (χ0) is 22.8. The molecule has 0 radical (unpaired) electrons. The fraction of sp³-hybridized carbons (Fsp3) is 0.217. The Hall–Kier alpha value is -2.61. The number of nitrogens with zero attached hydrogens (tertiary/aromatic N) is 4. The third-order valence-electron chi connectivity index (χ3n) is 5.09. The van der Waals surface area contributed by atoms with Crippen LogP contribution in [0.15, 0.2) is 47.6 Å². The van der Waals surface area contributed by atoms with Crippen LogP contribution in [0.25, 0.3) is 5.78 Å². The van der Waals surface area contributed by atoms with Crippen molar-refractivity contribution in [1.82, 2.24) is 19.6 Å². The molecule has 0 aliphatic rings. The number of aryl methyl sites for hydroxylation is 3. The first-order valence-electron chi connectivity index (χ1n) is 9.96. The molecule has 6 nitrogen and oxygen atoms in total. The van der Waals surface area contributed by atoms with Gasteiger partial charge in [0.2, 0.25) is 11.1 Å². The number of carbonyl (C=O) groups is 1. The van der Waals surface area contributed by atoms with Gasteiger partial charge in [0.05, 0.1) is 5.75 Å². The molecule has 9 heteroatoms. The minimum atomic E-state index is -0.156. The predicted molar refractivity (Wildman–Crippen MR) is 130 cm³/mol. The number of thioether (sulfide) groups is 1. The first-order chi connectivity index (χ1) is 15.3. The van der Waals surface area contributed by atoms with Gasteiger partial charge in [-0.3, -0.25) is 4.79 Å². The molecule has 2 heterocycles. The lowest BCUT2D eigenvalue weighted by Crippen LogP contribution is -2.14. The molecule has 0 spiro atoms. The fourth-order valence-corrected chi connectivity index (χ4v) is 4.37. The summed E-state index contributed by atoms with van der Waals surface area (Å²) in [7, 11) is 0. The van der Waals surface area contributed by atoms with Gasteiger partial charge in [0.1, 0.15) is 0 Å². The summed E-state index contributed by atoms with van der Waals surface area (Å²) >= 11 is 13.5. The maximum absolute atomic E-state index is 12.3. The highest BCUT2D eigenvalue weighted by molar-refractivity contribution is 7.99. The lowest BCUT2D eigenvalue weighted by Gasteiger charge is -2.10. The number of rotatable bonds is 6. The van der Waals surface area contributed by atoms with E-state index in [0.717, 1.165) is 28.1 Å². The highest BCUT2D eigenvalue weighted by Gasteiger charge is 2.15. The van der Waals surface area contributed by atoms with Crippen LogP contribution < -0.4 is 5.32 Å². The Kier molecular flexibility index (Phi) is 6.69. The van der Waals surface area contributed by atoms with Gasteiger partial charge in [-0.15, -0.1) is 5.10 Å². The third-order valence-corrected chi connectivity index (χ3v) is 6.57. The van der Waals surface area contributed by atoms with Gasteiger partial charge < -0.3 is 5.32 Å². The van der Waals surface area contributed by atoms with Crippen LogP contribution in [0.1, 0.15) is 28.1 Å². The van der Waals surface area contributed by atoms with E-state index in [1.165, 1.54) is 11.8 Å². The van der Waals surface area contributed by atoms with Crippen molar-refractivity contribution in [2.24, 2.45) is 0 Å². The molecule has 4 rings (SSSR count). The smallest absolute Gasteiger partial charge is 0.253 e. The van der Waals surface area contributed by atoms with Crippen molar-refractivity contribution >= 4 is 52.3 Å². The van der Waals surface area contributed by atoms with E-state index in [4.69, 9.17) is 23.2 Å². The minimum Gasteiger partial charge on any atom is -0.325 e. The van der Waals surface area contributed by atoms with Gasteiger partial charge in [-0.1, -0.05) is 53.2 Å². The number of hydrogen-bond acceptors (Lipinski definition) is 5. The fourth-order valence-electron chi connectivity index (χ4n) is 3.36. The van der Waals surface area contributed by atoms with E-state index in [-0.39, 0.29) is 11.7 Å². The average Bonchev–Trinajstić information content (AvgIpc) is 3.15. The Morgan fingerprint density at radius 1 is 1.09 bits per heavy atom. The second kappa shape index (κ2) is 9.48. The number of amides is 1. The largest absolute Gasteiger partial charge is 0.325 e. The van der Waals surface area contributed by atoms with Crippen molar-refractivity contribution in [3.63, 3.8) is 0 Å². The van der Waals surface area contributed by atoms with Crippen molar-refractivity contribution in [3.05, 3.63) is 80.6 Å². The summed E-state index contributed by atoms with van der Waals surface area (Å²) in [5.41, 5.74) is 5.66. The molecule has 0 fully saturated rings. The molecule has 0 atom stereocenters. The molecule has 2 aromatic carbocycles. The average molecular weight is 486 g/mol. The number of fused-ring (bicyclic) bond motifs is 1. The lowest BCUT2D eigenvalue weighted by molar-refractivity contribution is -0.113. The van der Waals surface area contributed by atoms with Crippen LogP contribution in [0.2, 0.25) is 10.0 Å². The summed E-state index contributed by atoms with van der Waals surface area (Å²) in [5.74, 6) is 0.537. The molecule has 32 heavy (non-hydrogen) atoms. The van der Waals surface area contributed by atoms with E-state index in [1.54, 1.807) is 10.6 Å². The highest BCUT2D eigenvalue weighted by Crippen LogP contribution is 2.23. The molecule has 0 aliphatic heterocycles. The standard InChI is InChI=1S/C23H21Cl2N5OS/c1-13-7-8-18(11-20(13)25)27-21(31)12-32-23-28-22-26-14(2)19(15(3)30(22)29-23)10-16-5-4-6-17(24)9-16/h4-9,11H,10,12H2,1-3H3,(H,27,31). The Bertz CT molecular complexity index is 1320. The maximum atomic E-state index is 12.3. The van der Waals surface area contributed by atoms with Crippen LogP contribution in [0.3, 0.4) is 0 Å². The summed E-state index contributed by atoms with van der Waals surface area (Å²) in [6.45, 7) is 5.88. The summed E-state index contributed by atoms with van der Waals surface area (Å²) in [5, 5.41) is 9.22. The molecule has 164 valence electrons. The van der Waals surface area contributed by atoms with Gasteiger partial charge in [0.25, 0.3) is 5.78 Å². The Balaban J connectivity index is 1.49. The van der Waals surface area contributed by atoms with E-state index in [2.05, 4.69) is 20.4 Å². The first kappa shape index (κ1) is 22.6. The molecule has 0 bridgehead atoms. The van der Waals surface area contributed by atoms with Gasteiger partial charge >= 0.3 is 0 Å². The second-order valence-corrected chi connectivity index (χ2v) is 9.26. The zero-order valence-electron chi connectivity index (χ0n) is 17.8. The van der Waals surface area contributed by atoms with Crippen LogP contribution in [-0.2, 0) is 11.2 Å². The normalized spacial score (nSPS) is 11.2. The van der Waals surface area contributed by atoms with Crippen molar-refractivity contribution in [3.8, 4) is 0 Å². The van der Waals surface area contributed by atoms with Crippen LogP contribution >= 0.6 is 35.0 Å². The summed E-state index contributed by atoms with van der Waals surface area (Å²) in [4.78, 5) is 21.4. The molecule has 4 aromatic rings. The Morgan fingerprint density at radius 2 is 1.91 bits per heavy atom. The topological polar surface area (TPSA) is 72.2 Å². The molecule has 0 saturated heterocycles. The van der Waals surface area contributed by atoms with Crippen molar-refractivity contribution in [2.45, 2.75) is 32.3 Å². The van der Waals surface area contributed by atoms with Crippen molar-refractivity contribution in [2.75, 3.05) is 11.1 Å². The van der Waals surface area contributed by atoms with Crippen molar-refractivity contribution < 1.29 is 4.79 Å². The Labute approximate surface area is 200 Å². The molecule has 1 amide bonds. The van der Waals surface area contributed by atoms with Crippen molar-refractivity contribution in [1.29, 1.82) is 0 Å². The molecule has 0 aliphatic carbocycles. The molecular formula is C23H21Cl2N5OS. The van der Waals surface area contributed by atoms with Gasteiger partial charge in [-0.2, -0.15) is 4.98 Å². The number of anilines is 1. The molecule has 1 N–H and O–H groups in total. The zero-order valence-corrected chi connectivity index (χ0v) is 20.1. The van der Waals surface area contributed by atoms with Gasteiger partial charge in [-0.25, -0.2) is 9.50 Å². The molecule has 2 aromatic heterocycles. The quantitative estimate of drug-likeness (QED) is 0.355. The number of benzene rings is 2. The van der Waals surface area contributed by atoms with Gasteiger partial charge in [0, 0.05) is 33.5 Å². The van der Waals surface area contributed by atoms with E-state index in [0.29, 0.717) is 33.1 Å². The third kappa shape index (κ3) is 5.06. The van der Waals surface area contributed by atoms with E-state index < -0.39 is 0 Å². The first-order valence-corrected chi connectivity index (χ1v) is 11.7. The summed E-state index contributed by atoms with van der Waals surface area (Å²) in [6, 6.07) is 13.2. The van der Waals surface area contributed by atoms with E-state index in [1.807, 2.05) is 57.2 Å². The van der Waals surface area contributed by atoms with Crippen LogP contribution in [0.4, 0.5) is 5.69 Å². The number of aromatic nitrogens is 4. The van der Waals surface area contributed by atoms with Crippen LogP contribution in [-0.4, -0.2) is 31.2 Å². The monoisotopic (exact) mass is 485 g/mol.